The van der Waals surface area contributed by atoms with Crippen molar-refractivity contribution in [2.24, 2.45) is 17.8 Å². The molecule has 1 amide bonds. The van der Waals surface area contributed by atoms with E-state index in [1.54, 1.807) is 12.1 Å². The zero-order valence-corrected chi connectivity index (χ0v) is 13.9. The first-order chi connectivity index (χ1) is 9.52. The third kappa shape index (κ3) is 2.89. The molecule has 20 heavy (non-hydrogen) atoms. The first-order valence-corrected chi connectivity index (χ1v) is 8.47. The van der Waals surface area contributed by atoms with Crippen molar-refractivity contribution in [3.63, 3.8) is 0 Å². The van der Waals surface area contributed by atoms with Crippen LogP contribution in [0.4, 0.5) is 0 Å². The first kappa shape index (κ1) is 14.4. The van der Waals surface area contributed by atoms with Gasteiger partial charge in [0.1, 0.15) is 0 Å². The second kappa shape index (κ2) is 5.69. The number of hydrogen-bond acceptors (Lipinski definition) is 1. The fourth-order valence-electron chi connectivity index (χ4n) is 3.99. The molecule has 0 spiro atoms. The number of rotatable bonds is 3. The molecule has 4 heteroatoms. The highest BCUT2D eigenvalue weighted by molar-refractivity contribution is 9.10. The lowest BCUT2D eigenvalue weighted by molar-refractivity contribution is 0.0915. The fraction of sp³-hybridized carbons (Fsp3) is 0.562. The molecule has 0 heterocycles. The maximum absolute atomic E-state index is 12.3. The molecule has 0 aliphatic heterocycles. The molecule has 2 nitrogen and oxygen atoms in total. The predicted molar refractivity (Wildman–Crippen MR) is 85.0 cm³/mol. The molecule has 0 aromatic heterocycles. The number of carbonyl (C=O) groups excluding carboxylic acids is 1. The number of carbonyl (C=O) groups is 1. The van der Waals surface area contributed by atoms with E-state index in [1.807, 2.05) is 6.07 Å². The van der Waals surface area contributed by atoms with Gasteiger partial charge in [0.2, 0.25) is 0 Å². The Morgan fingerprint density at radius 1 is 1.35 bits per heavy atom. The minimum Gasteiger partial charge on any atom is -0.349 e. The van der Waals surface area contributed by atoms with Crippen molar-refractivity contribution in [3.8, 4) is 0 Å². The zero-order chi connectivity index (χ0) is 14.3. The van der Waals surface area contributed by atoms with Crippen molar-refractivity contribution in [3.05, 3.63) is 33.3 Å². The van der Waals surface area contributed by atoms with Gasteiger partial charge in [-0.15, -0.1) is 0 Å². The Bertz CT molecular complexity index is 513. The van der Waals surface area contributed by atoms with Crippen LogP contribution in [0.5, 0.6) is 0 Å². The summed E-state index contributed by atoms with van der Waals surface area (Å²) in [4.78, 5) is 12.3. The van der Waals surface area contributed by atoms with Gasteiger partial charge < -0.3 is 5.32 Å². The minimum absolute atomic E-state index is 0.0246. The summed E-state index contributed by atoms with van der Waals surface area (Å²) in [6.45, 7) is 2.14. The van der Waals surface area contributed by atoms with Gasteiger partial charge in [-0.1, -0.05) is 34.0 Å². The molecule has 2 aliphatic carbocycles. The third-order valence-corrected chi connectivity index (χ3v) is 5.59. The van der Waals surface area contributed by atoms with Gasteiger partial charge in [0.05, 0.1) is 0 Å². The van der Waals surface area contributed by atoms with E-state index in [4.69, 9.17) is 11.6 Å². The molecule has 108 valence electrons. The van der Waals surface area contributed by atoms with Gasteiger partial charge in [0.25, 0.3) is 5.91 Å². The van der Waals surface area contributed by atoms with Crippen LogP contribution in [0.25, 0.3) is 0 Å². The normalized spacial score (nSPS) is 29.4. The van der Waals surface area contributed by atoms with Crippen LogP contribution in [0.3, 0.4) is 0 Å². The van der Waals surface area contributed by atoms with E-state index in [9.17, 15) is 4.79 Å². The van der Waals surface area contributed by atoms with E-state index < -0.39 is 0 Å². The minimum atomic E-state index is -0.0246. The van der Waals surface area contributed by atoms with Crippen LogP contribution < -0.4 is 5.32 Å². The Morgan fingerprint density at radius 2 is 2.15 bits per heavy atom. The van der Waals surface area contributed by atoms with Crippen molar-refractivity contribution in [2.75, 3.05) is 0 Å². The number of fused-ring (bicyclic) bond motifs is 2. The summed E-state index contributed by atoms with van der Waals surface area (Å²) < 4.78 is 0.836. The Kier molecular flexibility index (Phi) is 4.09. The molecular weight excluding hydrogens is 338 g/mol. The van der Waals surface area contributed by atoms with Gasteiger partial charge in [0, 0.05) is 21.1 Å². The summed E-state index contributed by atoms with van der Waals surface area (Å²) >= 11 is 9.38. The van der Waals surface area contributed by atoms with E-state index in [0.29, 0.717) is 16.5 Å². The summed E-state index contributed by atoms with van der Waals surface area (Å²) in [5.74, 6) is 2.36. The van der Waals surface area contributed by atoms with Crippen LogP contribution >= 0.6 is 27.5 Å². The summed E-state index contributed by atoms with van der Waals surface area (Å²) in [5, 5.41) is 3.74. The molecule has 4 unspecified atom stereocenters. The second-order valence-corrected chi connectivity index (χ2v) is 7.61. The van der Waals surface area contributed by atoms with E-state index in [1.165, 1.54) is 25.7 Å². The molecule has 0 radical (unpaired) electrons. The lowest BCUT2D eigenvalue weighted by Crippen LogP contribution is -2.40. The molecule has 1 aromatic carbocycles. The second-order valence-electron chi connectivity index (χ2n) is 6.26. The molecule has 1 N–H and O–H groups in total. The lowest BCUT2D eigenvalue weighted by atomic mass is 9.84. The van der Waals surface area contributed by atoms with Crippen LogP contribution in [0.2, 0.25) is 5.02 Å². The van der Waals surface area contributed by atoms with Crippen molar-refractivity contribution < 1.29 is 4.79 Å². The van der Waals surface area contributed by atoms with Gasteiger partial charge in [0.15, 0.2) is 0 Å². The summed E-state index contributed by atoms with van der Waals surface area (Å²) in [6, 6.07) is 5.57. The Balaban J connectivity index is 1.66. The quantitative estimate of drug-likeness (QED) is 0.838. The van der Waals surface area contributed by atoms with Crippen molar-refractivity contribution >= 4 is 33.4 Å². The molecule has 2 aliphatic rings. The van der Waals surface area contributed by atoms with E-state index in [2.05, 4.69) is 28.2 Å². The van der Waals surface area contributed by atoms with Crippen molar-refractivity contribution in [1.82, 2.24) is 5.32 Å². The van der Waals surface area contributed by atoms with Crippen LogP contribution in [-0.4, -0.2) is 11.9 Å². The highest BCUT2D eigenvalue weighted by Gasteiger charge is 2.42. The third-order valence-electron chi connectivity index (χ3n) is 4.92. The number of halogens is 2. The van der Waals surface area contributed by atoms with Crippen LogP contribution in [-0.2, 0) is 0 Å². The largest absolute Gasteiger partial charge is 0.349 e. The monoisotopic (exact) mass is 355 g/mol. The topological polar surface area (TPSA) is 29.1 Å². The molecule has 2 saturated carbocycles. The Labute approximate surface area is 133 Å². The Morgan fingerprint density at radius 3 is 2.75 bits per heavy atom. The average molecular weight is 357 g/mol. The molecule has 3 rings (SSSR count). The first-order valence-electron chi connectivity index (χ1n) is 7.30. The van der Waals surface area contributed by atoms with Crippen LogP contribution in [0.1, 0.15) is 43.0 Å². The van der Waals surface area contributed by atoms with Gasteiger partial charge in [-0.25, -0.2) is 0 Å². The fourth-order valence-corrected chi connectivity index (χ4v) is 4.85. The lowest BCUT2D eigenvalue weighted by Gasteiger charge is -2.28. The Hall–Kier alpha value is -0.540. The SMILES string of the molecule is CC(NC(=O)c1cc(Cl)cc(Br)c1)C1CC2CCC1C2. The molecule has 2 fully saturated rings. The predicted octanol–water partition coefficient (Wildman–Crippen LogP) is 4.66. The molecule has 4 atom stereocenters. The van der Waals surface area contributed by atoms with Crippen molar-refractivity contribution in [2.45, 2.75) is 38.6 Å². The van der Waals surface area contributed by atoms with Crippen LogP contribution in [0.15, 0.2) is 22.7 Å². The molecule has 1 aromatic rings. The number of nitrogens with one attached hydrogen (secondary N) is 1. The smallest absolute Gasteiger partial charge is 0.251 e. The highest BCUT2D eigenvalue weighted by atomic mass is 79.9. The molecular formula is C16H19BrClNO. The van der Waals surface area contributed by atoms with Gasteiger partial charge in [-0.3, -0.25) is 4.79 Å². The van der Waals surface area contributed by atoms with Gasteiger partial charge in [-0.05, 0) is 62.1 Å². The van der Waals surface area contributed by atoms with Crippen molar-refractivity contribution in [1.29, 1.82) is 0 Å². The average Bonchev–Trinajstić information content (AvgIpc) is 2.99. The zero-order valence-electron chi connectivity index (χ0n) is 11.5. The maximum Gasteiger partial charge on any atom is 0.251 e. The summed E-state index contributed by atoms with van der Waals surface area (Å²) in [6.07, 6.45) is 5.39. The molecule has 2 bridgehead atoms. The van der Waals surface area contributed by atoms with E-state index >= 15 is 0 Å². The van der Waals surface area contributed by atoms with E-state index in [0.717, 1.165) is 16.3 Å². The number of amides is 1. The highest BCUT2D eigenvalue weighted by Crippen LogP contribution is 2.49. The number of hydrogen-bond donors (Lipinski definition) is 1. The maximum atomic E-state index is 12.3. The molecule has 0 saturated heterocycles. The van der Waals surface area contributed by atoms with Crippen LogP contribution in [0, 0.1) is 17.8 Å². The number of benzene rings is 1. The summed E-state index contributed by atoms with van der Waals surface area (Å²) in [5.41, 5.74) is 0.624. The van der Waals surface area contributed by atoms with Gasteiger partial charge in [-0.2, -0.15) is 0 Å². The standard InChI is InChI=1S/C16H19BrClNO/c1-9(15-5-10-2-3-11(15)4-10)19-16(20)12-6-13(17)8-14(18)7-12/h6-11,15H,2-5H2,1H3,(H,19,20). The summed E-state index contributed by atoms with van der Waals surface area (Å²) in [7, 11) is 0. The van der Waals surface area contributed by atoms with Gasteiger partial charge >= 0.3 is 0 Å². The van der Waals surface area contributed by atoms with E-state index in [-0.39, 0.29) is 11.9 Å².